The first kappa shape index (κ1) is 36.7. The van der Waals surface area contributed by atoms with Crippen LogP contribution < -0.4 is 0 Å². The molecule has 0 spiro atoms. The van der Waals surface area contributed by atoms with Gasteiger partial charge in [-0.1, -0.05) is 124 Å². The van der Waals surface area contributed by atoms with E-state index in [9.17, 15) is 24.6 Å². The molecule has 234 valence electrons. The van der Waals surface area contributed by atoms with Gasteiger partial charge in [-0.15, -0.1) is 0 Å². The van der Waals surface area contributed by atoms with Crippen molar-refractivity contribution in [2.75, 3.05) is 0 Å². The van der Waals surface area contributed by atoms with Crippen LogP contribution in [0.25, 0.3) is 0 Å². The third-order valence-electron chi connectivity index (χ3n) is 8.23. The van der Waals surface area contributed by atoms with Crippen molar-refractivity contribution in [3.63, 3.8) is 0 Å². The molecule has 0 aliphatic rings. The van der Waals surface area contributed by atoms with Crippen molar-refractivity contribution in [1.29, 1.82) is 0 Å². The van der Waals surface area contributed by atoms with Crippen LogP contribution in [-0.2, 0) is 4.74 Å². The zero-order valence-corrected chi connectivity index (χ0v) is 26.3. The predicted molar refractivity (Wildman–Crippen MR) is 167 cm³/mol. The molecule has 6 nitrogen and oxygen atoms in total. The number of carboxylic acid groups (broad SMARTS) is 2. The van der Waals surface area contributed by atoms with Crippen LogP contribution >= 0.6 is 0 Å². The van der Waals surface area contributed by atoms with E-state index in [1.807, 2.05) is 0 Å². The molecule has 6 heteroatoms. The average Bonchev–Trinajstić information content (AvgIpc) is 2.95. The SMILES string of the molecule is CCCCCCCCCC(CCCCCCCC)(CCCCCCCC)OC(=O)c1ccc(C(=O)O)cc1C(=O)O. The smallest absolute Gasteiger partial charge is 0.339 e. The Bertz CT molecular complexity index is 861. The van der Waals surface area contributed by atoms with E-state index in [0.717, 1.165) is 63.9 Å². The first-order chi connectivity index (χ1) is 19.8. The molecule has 0 saturated carbocycles. The van der Waals surface area contributed by atoms with Crippen molar-refractivity contribution in [1.82, 2.24) is 0 Å². The molecule has 41 heavy (non-hydrogen) atoms. The summed E-state index contributed by atoms with van der Waals surface area (Å²) < 4.78 is 6.37. The van der Waals surface area contributed by atoms with Crippen LogP contribution in [0.2, 0.25) is 0 Å². The van der Waals surface area contributed by atoms with Gasteiger partial charge in [0.1, 0.15) is 5.60 Å². The predicted octanol–water partition coefficient (Wildman–Crippen LogP) is 10.6. The summed E-state index contributed by atoms with van der Waals surface area (Å²) in [6, 6.07) is 3.63. The number of aromatic carboxylic acids is 2. The number of carbonyl (C=O) groups excluding carboxylic acids is 1. The number of rotatable bonds is 26. The van der Waals surface area contributed by atoms with Crippen LogP contribution in [-0.4, -0.2) is 33.7 Å². The summed E-state index contributed by atoms with van der Waals surface area (Å²) in [6.07, 6.45) is 24.4. The zero-order valence-electron chi connectivity index (χ0n) is 26.3. The topological polar surface area (TPSA) is 101 Å². The number of ether oxygens (including phenoxy) is 1. The minimum Gasteiger partial charge on any atom is -0.478 e. The molecule has 0 amide bonds. The van der Waals surface area contributed by atoms with Crippen molar-refractivity contribution in [3.05, 3.63) is 34.9 Å². The average molecular weight is 575 g/mol. The lowest BCUT2D eigenvalue weighted by molar-refractivity contribution is -0.0362. The lowest BCUT2D eigenvalue weighted by Crippen LogP contribution is -2.36. The monoisotopic (exact) mass is 574 g/mol. The number of carbonyl (C=O) groups is 3. The van der Waals surface area contributed by atoms with E-state index >= 15 is 0 Å². The molecule has 1 rings (SSSR count). The molecule has 2 N–H and O–H groups in total. The van der Waals surface area contributed by atoms with Gasteiger partial charge in [-0.2, -0.15) is 0 Å². The standard InChI is InChI=1S/C35H58O6/c1-4-7-10-13-16-19-22-27-35(25-20-17-14-11-8-5-2,26-21-18-15-12-9-6-3)41-34(40)30-24-23-29(32(36)37)28-31(30)33(38)39/h23-24,28H,4-22,25-27H2,1-3H3,(H,36,37)(H,38,39). The molecule has 0 fully saturated rings. The number of hydrogen-bond donors (Lipinski definition) is 2. The van der Waals surface area contributed by atoms with E-state index in [-0.39, 0.29) is 16.7 Å². The fourth-order valence-electron chi connectivity index (χ4n) is 5.67. The van der Waals surface area contributed by atoms with E-state index < -0.39 is 23.5 Å². The second kappa shape index (κ2) is 22.3. The summed E-state index contributed by atoms with van der Waals surface area (Å²) in [5.41, 5.74) is -1.18. The minimum atomic E-state index is -1.33. The molecule has 0 aromatic heterocycles. The molecule has 0 bridgehead atoms. The lowest BCUT2D eigenvalue weighted by atomic mass is 9.84. The summed E-state index contributed by atoms with van der Waals surface area (Å²) in [5.74, 6) is -3.21. The summed E-state index contributed by atoms with van der Waals surface area (Å²) in [6.45, 7) is 6.64. The maximum absolute atomic E-state index is 13.6. The van der Waals surface area contributed by atoms with E-state index in [0.29, 0.717) is 0 Å². The summed E-state index contributed by atoms with van der Waals surface area (Å²) in [4.78, 5) is 37.0. The highest BCUT2D eigenvalue weighted by Crippen LogP contribution is 2.34. The first-order valence-electron chi connectivity index (χ1n) is 16.6. The maximum Gasteiger partial charge on any atom is 0.339 e. The van der Waals surface area contributed by atoms with Gasteiger partial charge in [-0.25, -0.2) is 14.4 Å². The fourth-order valence-corrected chi connectivity index (χ4v) is 5.67. The molecule has 1 aromatic rings. The summed E-state index contributed by atoms with van der Waals surface area (Å²) in [5, 5.41) is 19.1. The third-order valence-corrected chi connectivity index (χ3v) is 8.23. The summed E-state index contributed by atoms with van der Waals surface area (Å²) in [7, 11) is 0. The van der Waals surface area contributed by atoms with Gasteiger partial charge in [0, 0.05) is 0 Å². The molecule has 0 aliphatic carbocycles. The van der Waals surface area contributed by atoms with Crippen molar-refractivity contribution in [3.8, 4) is 0 Å². The van der Waals surface area contributed by atoms with Gasteiger partial charge in [0.15, 0.2) is 0 Å². The van der Waals surface area contributed by atoms with Gasteiger partial charge in [0.2, 0.25) is 0 Å². The lowest BCUT2D eigenvalue weighted by Gasteiger charge is -2.34. The maximum atomic E-state index is 13.6. The van der Waals surface area contributed by atoms with Gasteiger partial charge >= 0.3 is 17.9 Å². The second-order valence-electron chi connectivity index (χ2n) is 11.9. The molecule has 0 radical (unpaired) electrons. The van der Waals surface area contributed by atoms with Crippen LogP contribution in [0, 0.1) is 0 Å². The van der Waals surface area contributed by atoms with Crippen LogP contribution in [0.1, 0.15) is 193 Å². The number of carboxylic acids is 2. The highest BCUT2D eigenvalue weighted by atomic mass is 16.6. The highest BCUT2D eigenvalue weighted by Gasteiger charge is 2.34. The number of esters is 1. The minimum absolute atomic E-state index is 0.0719. The van der Waals surface area contributed by atoms with Gasteiger partial charge in [-0.05, 0) is 56.7 Å². The quantitative estimate of drug-likeness (QED) is 0.0843. The van der Waals surface area contributed by atoms with Gasteiger partial charge in [0.25, 0.3) is 0 Å². The van der Waals surface area contributed by atoms with Crippen molar-refractivity contribution >= 4 is 17.9 Å². The molecule has 0 aliphatic heterocycles. The molecular weight excluding hydrogens is 516 g/mol. The van der Waals surface area contributed by atoms with Crippen LogP contribution in [0.4, 0.5) is 0 Å². The Hall–Kier alpha value is -2.37. The Morgan fingerprint density at radius 3 is 1.32 bits per heavy atom. The van der Waals surface area contributed by atoms with Crippen LogP contribution in [0.5, 0.6) is 0 Å². The Balaban J connectivity index is 3.13. The Morgan fingerprint density at radius 1 is 0.561 bits per heavy atom. The molecule has 0 unspecified atom stereocenters. The number of benzene rings is 1. The third kappa shape index (κ3) is 15.4. The van der Waals surface area contributed by atoms with E-state index in [4.69, 9.17) is 4.74 Å². The first-order valence-corrected chi connectivity index (χ1v) is 16.6. The Morgan fingerprint density at radius 2 is 0.951 bits per heavy atom. The second-order valence-corrected chi connectivity index (χ2v) is 11.9. The Labute approximate surface area is 249 Å². The van der Waals surface area contributed by atoms with E-state index in [1.165, 1.54) is 95.6 Å². The largest absolute Gasteiger partial charge is 0.478 e. The number of unbranched alkanes of at least 4 members (excludes halogenated alkanes) is 16. The molecule has 0 heterocycles. The van der Waals surface area contributed by atoms with Gasteiger partial charge in [0.05, 0.1) is 16.7 Å². The number of hydrogen-bond acceptors (Lipinski definition) is 4. The van der Waals surface area contributed by atoms with Crippen molar-refractivity contribution in [2.24, 2.45) is 0 Å². The fraction of sp³-hybridized carbons (Fsp3) is 0.743. The normalized spacial score (nSPS) is 11.5. The van der Waals surface area contributed by atoms with Crippen molar-refractivity contribution in [2.45, 2.75) is 168 Å². The van der Waals surface area contributed by atoms with E-state index in [1.54, 1.807) is 0 Å². The van der Waals surface area contributed by atoms with Crippen molar-refractivity contribution < 1.29 is 29.3 Å². The Kier molecular flexibility index (Phi) is 19.9. The molecule has 1 aromatic carbocycles. The summed E-state index contributed by atoms with van der Waals surface area (Å²) >= 11 is 0. The molecule has 0 saturated heterocycles. The van der Waals surface area contributed by atoms with E-state index in [2.05, 4.69) is 20.8 Å². The highest BCUT2D eigenvalue weighted by molar-refractivity contribution is 6.04. The van der Waals surface area contributed by atoms with Gasteiger partial charge < -0.3 is 14.9 Å². The molecular formula is C35H58O6. The van der Waals surface area contributed by atoms with Crippen LogP contribution in [0.15, 0.2) is 18.2 Å². The van der Waals surface area contributed by atoms with Gasteiger partial charge in [-0.3, -0.25) is 0 Å². The zero-order chi connectivity index (χ0) is 30.3. The molecule has 0 atom stereocenters. The van der Waals surface area contributed by atoms with Crippen LogP contribution in [0.3, 0.4) is 0 Å².